The number of halogens is 3. The third-order valence-corrected chi connectivity index (χ3v) is 3.48. The molecule has 0 radical (unpaired) electrons. The lowest BCUT2D eigenvalue weighted by atomic mass is 10.2. The van der Waals surface area contributed by atoms with Crippen molar-refractivity contribution in [1.82, 2.24) is 15.6 Å². The highest BCUT2D eigenvalue weighted by Gasteiger charge is 2.26. The molecule has 2 N–H and O–H groups in total. The standard InChI is InChI=1S/C19H23F3N4O/c1-2-23-18(25-11-9-19(20,21)22)26-13-15-6-5-8-17(12-15)27-14-16-7-3-4-10-24-16/h3-8,10,12H,2,9,11,13-14H2,1H3,(H2,23,25,26). The minimum atomic E-state index is -4.19. The largest absolute Gasteiger partial charge is 0.487 e. The topological polar surface area (TPSA) is 58.5 Å². The molecule has 1 aromatic heterocycles. The van der Waals surface area contributed by atoms with Crippen LogP contribution in [0.1, 0.15) is 24.6 Å². The van der Waals surface area contributed by atoms with Crippen LogP contribution in [0.4, 0.5) is 13.2 Å². The zero-order valence-electron chi connectivity index (χ0n) is 15.1. The monoisotopic (exact) mass is 380 g/mol. The molecule has 0 atom stereocenters. The van der Waals surface area contributed by atoms with E-state index in [9.17, 15) is 13.2 Å². The Morgan fingerprint density at radius 2 is 2.00 bits per heavy atom. The molecule has 0 aliphatic rings. The molecule has 0 aliphatic heterocycles. The number of guanidine groups is 1. The van der Waals surface area contributed by atoms with Gasteiger partial charge < -0.3 is 15.4 Å². The first-order valence-corrected chi connectivity index (χ1v) is 8.67. The van der Waals surface area contributed by atoms with Crippen molar-refractivity contribution in [3.05, 3.63) is 59.9 Å². The number of nitrogens with one attached hydrogen (secondary N) is 2. The molecule has 2 aromatic rings. The third-order valence-electron chi connectivity index (χ3n) is 3.48. The van der Waals surface area contributed by atoms with Crippen molar-refractivity contribution in [3.8, 4) is 5.75 Å². The Morgan fingerprint density at radius 3 is 2.70 bits per heavy atom. The number of ether oxygens (including phenoxy) is 1. The van der Waals surface area contributed by atoms with Gasteiger partial charge in [-0.2, -0.15) is 13.2 Å². The van der Waals surface area contributed by atoms with E-state index in [1.165, 1.54) is 0 Å². The number of aliphatic imine (C=N–C) groups is 1. The lowest BCUT2D eigenvalue weighted by Gasteiger charge is -2.12. The summed E-state index contributed by atoms with van der Waals surface area (Å²) in [6, 6.07) is 13.0. The van der Waals surface area contributed by atoms with Crippen LogP contribution in [0.15, 0.2) is 53.7 Å². The Labute approximate surface area is 156 Å². The smallest absolute Gasteiger partial charge is 0.390 e. The lowest BCUT2D eigenvalue weighted by Crippen LogP contribution is -2.38. The van der Waals surface area contributed by atoms with Crippen molar-refractivity contribution in [2.45, 2.75) is 32.7 Å². The van der Waals surface area contributed by atoms with Gasteiger partial charge in [-0.05, 0) is 36.8 Å². The molecule has 0 unspecified atom stereocenters. The molecule has 0 saturated heterocycles. The summed E-state index contributed by atoms with van der Waals surface area (Å²) < 4.78 is 42.5. The maximum Gasteiger partial charge on any atom is 0.390 e. The first kappa shape index (κ1) is 20.5. The van der Waals surface area contributed by atoms with Crippen molar-refractivity contribution in [3.63, 3.8) is 0 Å². The molecule has 0 amide bonds. The second kappa shape index (κ2) is 10.4. The molecule has 0 fully saturated rings. The zero-order chi connectivity index (χ0) is 19.5. The van der Waals surface area contributed by atoms with Crippen molar-refractivity contribution in [1.29, 1.82) is 0 Å². The molecule has 0 aliphatic carbocycles. The average Bonchev–Trinajstić information content (AvgIpc) is 2.65. The number of hydrogen-bond donors (Lipinski definition) is 2. The van der Waals surface area contributed by atoms with Crippen LogP contribution < -0.4 is 15.4 Å². The van der Waals surface area contributed by atoms with E-state index in [-0.39, 0.29) is 6.54 Å². The Hall–Kier alpha value is -2.77. The quantitative estimate of drug-likeness (QED) is 0.542. The second-order valence-electron chi connectivity index (χ2n) is 5.74. The van der Waals surface area contributed by atoms with Gasteiger partial charge in [-0.3, -0.25) is 4.98 Å². The molecule has 1 aromatic carbocycles. The fraction of sp³-hybridized carbons (Fsp3) is 0.368. The molecule has 0 bridgehead atoms. The van der Waals surface area contributed by atoms with Gasteiger partial charge in [0.15, 0.2) is 5.96 Å². The van der Waals surface area contributed by atoms with Gasteiger partial charge in [-0.1, -0.05) is 18.2 Å². The number of aromatic nitrogens is 1. The summed E-state index contributed by atoms with van der Waals surface area (Å²) in [4.78, 5) is 8.52. The van der Waals surface area contributed by atoms with Gasteiger partial charge in [0.1, 0.15) is 12.4 Å². The van der Waals surface area contributed by atoms with Crippen molar-refractivity contribution in [2.75, 3.05) is 13.1 Å². The van der Waals surface area contributed by atoms with E-state index in [1.807, 2.05) is 49.4 Å². The van der Waals surface area contributed by atoms with Gasteiger partial charge in [-0.15, -0.1) is 0 Å². The molecular formula is C19H23F3N4O. The van der Waals surface area contributed by atoms with E-state index in [2.05, 4.69) is 20.6 Å². The highest BCUT2D eigenvalue weighted by atomic mass is 19.4. The predicted molar refractivity (Wildman–Crippen MR) is 98.5 cm³/mol. The predicted octanol–water partition coefficient (Wildman–Crippen LogP) is 3.67. The summed E-state index contributed by atoms with van der Waals surface area (Å²) in [7, 11) is 0. The van der Waals surface area contributed by atoms with Crippen LogP contribution in [0.3, 0.4) is 0 Å². The van der Waals surface area contributed by atoms with Crippen molar-refractivity contribution in [2.24, 2.45) is 4.99 Å². The normalized spacial score (nSPS) is 11.9. The van der Waals surface area contributed by atoms with Crippen LogP contribution in [0.5, 0.6) is 5.75 Å². The number of rotatable bonds is 8. The second-order valence-corrected chi connectivity index (χ2v) is 5.74. The fourth-order valence-corrected chi connectivity index (χ4v) is 2.21. The molecule has 27 heavy (non-hydrogen) atoms. The van der Waals surface area contributed by atoms with E-state index >= 15 is 0 Å². The Bertz CT molecular complexity index is 720. The molecule has 0 saturated carbocycles. The van der Waals surface area contributed by atoms with Gasteiger partial charge in [0.05, 0.1) is 18.7 Å². The summed E-state index contributed by atoms with van der Waals surface area (Å²) in [5.74, 6) is 1.03. The number of benzene rings is 1. The summed E-state index contributed by atoms with van der Waals surface area (Å²) in [6.07, 6.45) is -3.39. The molecular weight excluding hydrogens is 357 g/mol. The van der Waals surface area contributed by atoms with E-state index in [1.54, 1.807) is 6.20 Å². The van der Waals surface area contributed by atoms with E-state index in [0.717, 1.165) is 11.3 Å². The minimum Gasteiger partial charge on any atom is -0.487 e. The van der Waals surface area contributed by atoms with Gasteiger partial charge in [0.2, 0.25) is 0 Å². The van der Waals surface area contributed by atoms with Crippen LogP contribution in [0, 0.1) is 0 Å². The maximum atomic E-state index is 12.3. The van der Waals surface area contributed by atoms with Gasteiger partial charge in [0, 0.05) is 19.3 Å². The van der Waals surface area contributed by atoms with E-state index in [4.69, 9.17) is 4.74 Å². The van der Waals surface area contributed by atoms with Crippen LogP contribution >= 0.6 is 0 Å². The van der Waals surface area contributed by atoms with Gasteiger partial charge >= 0.3 is 6.18 Å². The first-order chi connectivity index (χ1) is 13.0. The molecule has 1 heterocycles. The van der Waals surface area contributed by atoms with Crippen LogP contribution in [-0.2, 0) is 13.2 Å². The summed E-state index contributed by atoms with van der Waals surface area (Å²) in [5.41, 5.74) is 1.71. The number of nitrogens with zero attached hydrogens (tertiary/aromatic N) is 2. The molecule has 5 nitrogen and oxygen atoms in total. The molecule has 146 valence electrons. The van der Waals surface area contributed by atoms with Gasteiger partial charge in [0.25, 0.3) is 0 Å². The minimum absolute atomic E-state index is 0.220. The maximum absolute atomic E-state index is 12.3. The summed E-state index contributed by atoms with van der Waals surface area (Å²) >= 11 is 0. The van der Waals surface area contributed by atoms with E-state index in [0.29, 0.717) is 31.4 Å². The number of hydrogen-bond acceptors (Lipinski definition) is 3. The molecule has 8 heteroatoms. The third kappa shape index (κ3) is 8.44. The van der Waals surface area contributed by atoms with Crippen LogP contribution in [-0.4, -0.2) is 30.2 Å². The highest BCUT2D eigenvalue weighted by Crippen LogP contribution is 2.18. The fourth-order valence-electron chi connectivity index (χ4n) is 2.21. The first-order valence-electron chi connectivity index (χ1n) is 8.67. The number of pyridine rings is 1. The zero-order valence-corrected chi connectivity index (χ0v) is 15.1. The molecule has 0 spiro atoms. The summed E-state index contributed by atoms with van der Waals surface area (Å²) in [6.45, 7) is 2.87. The van der Waals surface area contributed by atoms with Crippen LogP contribution in [0.25, 0.3) is 0 Å². The van der Waals surface area contributed by atoms with Crippen molar-refractivity contribution >= 4 is 5.96 Å². The molecule has 2 rings (SSSR count). The Balaban J connectivity index is 1.91. The van der Waals surface area contributed by atoms with Gasteiger partial charge in [-0.25, -0.2) is 4.99 Å². The average molecular weight is 380 g/mol. The van der Waals surface area contributed by atoms with Crippen molar-refractivity contribution < 1.29 is 17.9 Å². The lowest BCUT2D eigenvalue weighted by molar-refractivity contribution is -0.132. The summed E-state index contributed by atoms with van der Waals surface area (Å²) in [5, 5.41) is 5.62. The Kier molecular flexibility index (Phi) is 7.91. The number of alkyl halides is 3. The van der Waals surface area contributed by atoms with E-state index < -0.39 is 12.6 Å². The van der Waals surface area contributed by atoms with Crippen LogP contribution in [0.2, 0.25) is 0 Å². The Morgan fingerprint density at radius 1 is 1.15 bits per heavy atom. The SMILES string of the molecule is CCNC(=NCc1cccc(OCc2ccccn2)c1)NCCC(F)(F)F. The highest BCUT2D eigenvalue weighted by molar-refractivity contribution is 5.79.